The van der Waals surface area contributed by atoms with Gasteiger partial charge in [0.2, 0.25) is 10.0 Å². The van der Waals surface area contributed by atoms with Gasteiger partial charge >= 0.3 is 0 Å². The highest BCUT2D eigenvalue weighted by Crippen LogP contribution is 2.19. The molecule has 6 nitrogen and oxygen atoms in total. The van der Waals surface area contributed by atoms with Crippen LogP contribution in [0.15, 0.2) is 24.3 Å². The lowest BCUT2D eigenvalue weighted by Crippen LogP contribution is -2.50. The van der Waals surface area contributed by atoms with Gasteiger partial charge in [-0.3, -0.25) is 4.79 Å². The zero-order valence-electron chi connectivity index (χ0n) is 13.6. The molecule has 0 unspecified atom stereocenters. The summed E-state index contributed by atoms with van der Waals surface area (Å²) in [5.41, 5.74) is 0.981. The zero-order chi connectivity index (χ0) is 16.9. The van der Waals surface area contributed by atoms with E-state index in [0.717, 1.165) is 31.1 Å². The Morgan fingerprint density at radius 1 is 1.35 bits per heavy atom. The summed E-state index contributed by atoms with van der Waals surface area (Å²) < 4.78 is 30.6. The minimum Gasteiger partial charge on any atom is -0.484 e. The van der Waals surface area contributed by atoms with Crippen molar-refractivity contribution >= 4 is 15.9 Å². The highest BCUT2D eigenvalue weighted by Gasteiger charge is 2.27. The molecule has 0 aliphatic carbocycles. The largest absolute Gasteiger partial charge is 0.484 e. The van der Waals surface area contributed by atoms with E-state index >= 15 is 0 Å². The molecule has 0 saturated carbocycles. The Balaban J connectivity index is 1.94. The van der Waals surface area contributed by atoms with Crippen LogP contribution in [0.2, 0.25) is 0 Å². The van der Waals surface area contributed by atoms with Gasteiger partial charge in [-0.2, -0.15) is 0 Å². The lowest BCUT2D eigenvalue weighted by Gasteiger charge is -2.35. The summed E-state index contributed by atoms with van der Waals surface area (Å²) in [5.74, 6) is 0.594. The molecule has 7 heteroatoms. The average Bonchev–Trinajstić information content (AvgIpc) is 2.51. The summed E-state index contributed by atoms with van der Waals surface area (Å²) in [4.78, 5) is 14.2. The number of nitrogens with zero attached hydrogens (tertiary/aromatic N) is 1. The first-order valence-electron chi connectivity index (χ1n) is 7.79. The van der Waals surface area contributed by atoms with Crippen LogP contribution >= 0.6 is 0 Å². The van der Waals surface area contributed by atoms with Crippen LogP contribution in [-0.4, -0.2) is 51.2 Å². The van der Waals surface area contributed by atoms with Crippen LogP contribution in [0.5, 0.6) is 5.75 Å². The van der Waals surface area contributed by atoms with Crippen molar-refractivity contribution in [3.8, 4) is 5.75 Å². The summed E-state index contributed by atoms with van der Waals surface area (Å²) >= 11 is 0. The molecular weight excluding hydrogens is 316 g/mol. The van der Waals surface area contributed by atoms with Crippen molar-refractivity contribution in [2.24, 2.45) is 0 Å². The van der Waals surface area contributed by atoms with Crippen LogP contribution in [0.3, 0.4) is 0 Å². The number of rotatable bonds is 6. The van der Waals surface area contributed by atoms with Crippen molar-refractivity contribution < 1.29 is 17.9 Å². The molecule has 0 radical (unpaired) electrons. The van der Waals surface area contributed by atoms with E-state index in [9.17, 15) is 13.2 Å². The fourth-order valence-corrected chi connectivity index (χ4v) is 3.22. The number of likely N-dealkylation sites (tertiary alicyclic amines) is 1. The molecule has 2 rings (SSSR count). The maximum absolute atomic E-state index is 12.4. The van der Waals surface area contributed by atoms with Crippen LogP contribution in [0.1, 0.15) is 24.8 Å². The van der Waals surface area contributed by atoms with Gasteiger partial charge in [0.05, 0.1) is 6.26 Å². The minimum atomic E-state index is -3.25. The van der Waals surface area contributed by atoms with Crippen molar-refractivity contribution in [1.82, 2.24) is 9.62 Å². The third-order valence-electron chi connectivity index (χ3n) is 3.97. The number of sulfonamides is 1. The van der Waals surface area contributed by atoms with Crippen LogP contribution in [0.25, 0.3) is 0 Å². The standard InChI is InChI=1S/C16H24N2O4S/c1-13-7-3-4-9-15(13)22-12-16(19)18-10-6-5-8-14(18)11-17-23(2,20)21/h3-4,7,9,14,17H,5-6,8,10-12H2,1-2H3/t14-/m1/s1. The van der Waals surface area contributed by atoms with E-state index in [-0.39, 0.29) is 25.1 Å². The number of nitrogens with one attached hydrogen (secondary N) is 1. The molecule has 1 heterocycles. The monoisotopic (exact) mass is 340 g/mol. The summed E-state index contributed by atoms with van der Waals surface area (Å²) in [5, 5.41) is 0. The predicted molar refractivity (Wildman–Crippen MR) is 88.9 cm³/mol. The Labute approximate surface area is 137 Å². The molecule has 0 bridgehead atoms. The summed E-state index contributed by atoms with van der Waals surface area (Å²) in [6.45, 7) is 2.81. The fraction of sp³-hybridized carbons (Fsp3) is 0.562. The van der Waals surface area contributed by atoms with Gasteiger partial charge in [0.15, 0.2) is 6.61 Å². The molecule has 1 atom stereocenters. The Hall–Kier alpha value is -1.60. The highest BCUT2D eigenvalue weighted by atomic mass is 32.2. The molecule has 1 aliphatic rings. The molecule has 23 heavy (non-hydrogen) atoms. The van der Waals surface area contributed by atoms with Gasteiger partial charge in [-0.25, -0.2) is 13.1 Å². The topological polar surface area (TPSA) is 75.7 Å². The summed E-state index contributed by atoms with van der Waals surface area (Å²) in [6, 6.07) is 7.45. The van der Waals surface area contributed by atoms with Crippen LogP contribution < -0.4 is 9.46 Å². The van der Waals surface area contributed by atoms with E-state index < -0.39 is 10.0 Å². The molecule has 0 aromatic heterocycles. The first-order chi connectivity index (χ1) is 10.9. The molecule has 1 saturated heterocycles. The molecule has 1 aromatic carbocycles. The number of carbonyl (C=O) groups is 1. The number of piperidine rings is 1. The quantitative estimate of drug-likeness (QED) is 0.847. The van der Waals surface area contributed by atoms with E-state index in [2.05, 4.69) is 4.72 Å². The normalized spacial score (nSPS) is 18.7. The maximum Gasteiger partial charge on any atom is 0.260 e. The molecule has 1 N–H and O–H groups in total. The molecule has 128 valence electrons. The van der Waals surface area contributed by atoms with Crippen molar-refractivity contribution in [3.63, 3.8) is 0 Å². The third kappa shape index (κ3) is 5.51. The molecular formula is C16H24N2O4S. The minimum absolute atomic E-state index is 0.0276. The average molecular weight is 340 g/mol. The number of carbonyl (C=O) groups excluding carboxylic acids is 1. The Morgan fingerprint density at radius 2 is 2.09 bits per heavy atom. The number of para-hydroxylation sites is 1. The third-order valence-corrected chi connectivity index (χ3v) is 4.66. The van der Waals surface area contributed by atoms with Crippen LogP contribution in [-0.2, 0) is 14.8 Å². The number of ether oxygens (including phenoxy) is 1. The Bertz CT molecular complexity index is 645. The van der Waals surface area contributed by atoms with E-state index in [0.29, 0.717) is 12.3 Å². The Morgan fingerprint density at radius 3 is 2.78 bits per heavy atom. The Kier molecular flexibility index (Phi) is 6.01. The van der Waals surface area contributed by atoms with E-state index in [1.54, 1.807) is 4.90 Å². The van der Waals surface area contributed by atoms with Crippen LogP contribution in [0, 0.1) is 6.92 Å². The van der Waals surface area contributed by atoms with Crippen molar-refractivity contribution in [1.29, 1.82) is 0 Å². The highest BCUT2D eigenvalue weighted by molar-refractivity contribution is 7.88. The molecule has 1 fully saturated rings. The predicted octanol–water partition coefficient (Wildman–Crippen LogP) is 1.30. The fourth-order valence-electron chi connectivity index (χ4n) is 2.73. The van der Waals surface area contributed by atoms with E-state index in [1.165, 1.54) is 0 Å². The molecule has 0 spiro atoms. The maximum atomic E-state index is 12.4. The summed E-state index contributed by atoms with van der Waals surface area (Å²) in [6.07, 6.45) is 3.87. The second-order valence-corrected chi connectivity index (χ2v) is 7.74. The van der Waals surface area contributed by atoms with Crippen molar-refractivity contribution in [2.45, 2.75) is 32.2 Å². The number of amides is 1. The second kappa shape index (κ2) is 7.79. The molecule has 1 aliphatic heterocycles. The van der Waals surface area contributed by atoms with Crippen LogP contribution in [0.4, 0.5) is 0 Å². The first kappa shape index (κ1) is 17.7. The van der Waals surface area contributed by atoms with Crippen molar-refractivity contribution in [3.05, 3.63) is 29.8 Å². The number of hydrogen-bond acceptors (Lipinski definition) is 4. The zero-order valence-corrected chi connectivity index (χ0v) is 14.4. The van der Waals surface area contributed by atoms with E-state index in [1.807, 2.05) is 31.2 Å². The lowest BCUT2D eigenvalue weighted by molar-refractivity contribution is -0.136. The van der Waals surface area contributed by atoms with Gasteiger partial charge in [-0.15, -0.1) is 0 Å². The first-order valence-corrected chi connectivity index (χ1v) is 9.68. The van der Waals surface area contributed by atoms with E-state index in [4.69, 9.17) is 4.74 Å². The summed E-state index contributed by atoms with van der Waals surface area (Å²) in [7, 11) is -3.25. The number of aryl methyl sites for hydroxylation is 1. The molecule has 1 amide bonds. The van der Waals surface area contributed by atoms with Gasteiger partial charge in [-0.05, 0) is 37.8 Å². The van der Waals surface area contributed by atoms with Gasteiger partial charge in [0, 0.05) is 19.1 Å². The van der Waals surface area contributed by atoms with Gasteiger partial charge in [0.1, 0.15) is 5.75 Å². The molecule has 1 aromatic rings. The number of hydrogen-bond donors (Lipinski definition) is 1. The smallest absolute Gasteiger partial charge is 0.260 e. The van der Waals surface area contributed by atoms with Gasteiger partial charge < -0.3 is 9.64 Å². The van der Waals surface area contributed by atoms with Gasteiger partial charge in [0.25, 0.3) is 5.91 Å². The van der Waals surface area contributed by atoms with Crippen molar-refractivity contribution in [2.75, 3.05) is 26.0 Å². The lowest BCUT2D eigenvalue weighted by atomic mass is 10.0. The number of benzene rings is 1. The SMILES string of the molecule is Cc1ccccc1OCC(=O)N1CCCC[C@@H]1CNS(C)(=O)=O. The van der Waals surface area contributed by atoms with Gasteiger partial charge in [-0.1, -0.05) is 18.2 Å². The second-order valence-electron chi connectivity index (χ2n) is 5.91.